The van der Waals surface area contributed by atoms with E-state index in [-0.39, 0.29) is 4.90 Å². The number of halogens is 1. The van der Waals surface area contributed by atoms with E-state index in [0.717, 1.165) is 0 Å². The Morgan fingerprint density at radius 3 is 2.55 bits per heavy atom. The quantitative estimate of drug-likeness (QED) is 0.534. The van der Waals surface area contributed by atoms with E-state index >= 15 is 0 Å². The molecule has 8 heteroatoms. The normalized spacial score (nSPS) is 11.9. The van der Waals surface area contributed by atoms with Gasteiger partial charge in [-0.05, 0) is 35.7 Å². The van der Waals surface area contributed by atoms with Gasteiger partial charge in [-0.25, -0.2) is 8.42 Å². The molecule has 2 aromatic rings. The van der Waals surface area contributed by atoms with Gasteiger partial charge in [-0.1, -0.05) is 11.6 Å². The first-order chi connectivity index (χ1) is 9.54. The van der Waals surface area contributed by atoms with E-state index in [1.54, 1.807) is 35.7 Å². The molecule has 1 N–H and O–H groups in total. The zero-order chi connectivity index (χ0) is 14.6. The van der Waals surface area contributed by atoms with Gasteiger partial charge in [0.1, 0.15) is 6.07 Å². The van der Waals surface area contributed by atoms with E-state index in [2.05, 4.69) is 10.5 Å². The van der Waals surface area contributed by atoms with Crippen molar-refractivity contribution in [3.8, 4) is 6.07 Å². The predicted molar refractivity (Wildman–Crippen MR) is 79.6 cm³/mol. The molecule has 2 rings (SSSR count). The van der Waals surface area contributed by atoms with E-state index in [1.807, 2.05) is 0 Å². The first-order valence-electron chi connectivity index (χ1n) is 5.30. The molecule has 102 valence electrons. The van der Waals surface area contributed by atoms with Gasteiger partial charge in [0, 0.05) is 10.4 Å². The van der Waals surface area contributed by atoms with Gasteiger partial charge in [0.2, 0.25) is 9.84 Å². The highest BCUT2D eigenvalue weighted by Gasteiger charge is 2.23. The van der Waals surface area contributed by atoms with E-state index in [9.17, 15) is 8.42 Å². The number of rotatable bonds is 3. The number of nitrogens with zero attached hydrogens (tertiary/aromatic N) is 2. The van der Waals surface area contributed by atoms with Crippen LogP contribution in [0.15, 0.2) is 51.1 Å². The zero-order valence-electron chi connectivity index (χ0n) is 9.95. The maximum Gasteiger partial charge on any atom is 0.256 e. The lowest BCUT2D eigenvalue weighted by Crippen LogP contribution is -2.14. The van der Waals surface area contributed by atoms with Crippen molar-refractivity contribution in [2.75, 3.05) is 5.43 Å². The number of nitriles is 1. The van der Waals surface area contributed by atoms with Gasteiger partial charge in [-0.3, -0.25) is 5.43 Å². The molecule has 0 atom stereocenters. The first kappa shape index (κ1) is 14.5. The third-order valence-electron chi connectivity index (χ3n) is 2.29. The van der Waals surface area contributed by atoms with Crippen molar-refractivity contribution in [2.45, 2.75) is 4.90 Å². The maximum absolute atomic E-state index is 12.1. The van der Waals surface area contributed by atoms with Crippen LogP contribution < -0.4 is 5.43 Å². The minimum Gasteiger partial charge on any atom is -0.277 e. The Hall–Kier alpha value is -1.88. The van der Waals surface area contributed by atoms with E-state index in [1.165, 1.54) is 22.8 Å². The summed E-state index contributed by atoms with van der Waals surface area (Å²) in [6.07, 6.45) is 0. The first-order valence-corrected chi connectivity index (χ1v) is 8.11. The molecule has 0 spiro atoms. The summed E-state index contributed by atoms with van der Waals surface area (Å²) in [4.78, 5) is 0.0562. The molecular formula is C12H8ClN3O2S2. The molecule has 0 aliphatic rings. The fourth-order valence-electron chi connectivity index (χ4n) is 1.30. The number of hydrogen-bond donors (Lipinski definition) is 1. The van der Waals surface area contributed by atoms with Crippen molar-refractivity contribution < 1.29 is 8.42 Å². The summed E-state index contributed by atoms with van der Waals surface area (Å²) in [7, 11) is -3.88. The molecule has 0 unspecified atom stereocenters. The molecule has 0 amide bonds. The number of hydrogen-bond acceptors (Lipinski definition) is 6. The molecule has 20 heavy (non-hydrogen) atoms. The van der Waals surface area contributed by atoms with Crippen LogP contribution in [0.5, 0.6) is 0 Å². The molecule has 1 aromatic heterocycles. The van der Waals surface area contributed by atoms with Gasteiger partial charge in [-0.15, -0.1) is 0 Å². The number of benzene rings is 1. The number of thiophene rings is 1. The van der Waals surface area contributed by atoms with Gasteiger partial charge < -0.3 is 0 Å². The molecule has 0 fully saturated rings. The van der Waals surface area contributed by atoms with E-state index < -0.39 is 14.9 Å². The molecule has 0 bridgehead atoms. The second-order valence-electron chi connectivity index (χ2n) is 3.61. The minimum atomic E-state index is -3.88. The average molecular weight is 326 g/mol. The third kappa shape index (κ3) is 3.17. The third-order valence-corrected chi connectivity index (χ3v) is 4.94. The Bertz CT molecular complexity index is 760. The van der Waals surface area contributed by atoms with Gasteiger partial charge >= 0.3 is 0 Å². The second-order valence-corrected chi connectivity index (χ2v) is 6.69. The molecular weight excluding hydrogens is 318 g/mol. The second kappa shape index (κ2) is 6.05. The Morgan fingerprint density at radius 2 is 2.00 bits per heavy atom. The topological polar surface area (TPSA) is 82.3 Å². The van der Waals surface area contributed by atoms with Crippen LogP contribution in [-0.2, 0) is 9.84 Å². The van der Waals surface area contributed by atoms with Crippen molar-refractivity contribution in [3.63, 3.8) is 0 Å². The van der Waals surface area contributed by atoms with Gasteiger partial charge in [-0.2, -0.15) is 21.7 Å². The van der Waals surface area contributed by atoms with Crippen molar-refractivity contribution in [1.29, 1.82) is 5.26 Å². The van der Waals surface area contributed by atoms with Crippen molar-refractivity contribution >= 4 is 43.5 Å². The van der Waals surface area contributed by atoms with Crippen LogP contribution in [0, 0.1) is 11.3 Å². The molecule has 0 aliphatic carbocycles. The summed E-state index contributed by atoms with van der Waals surface area (Å²) >= 11 is 6.96. The number of nitrogens with one attached hydrogen (secondary N) is 1. The lowest BCUT2D eigenvalue weighted by atomic mass is 10.3. The van der Waals surface area contributed by atoms with Crippen molar-refractivity contribution in [1.82, 2.24) is 0 Å². The van der Waals surface area contributed by atoms with Crippen LogP contribution in [-0.4, -0.2) is 13.5 Å². The molecule has 5 nitrogen and oxygen atoms in total. The smallest absolute Gasteiger partial charge is 0.256 e. The van der Waals surface area contributed by atoms with Gasteiger partial charge in [0.15, 0.2) is 0 Å². The van der Waals surface area contributed by atoms with E-state index in [4.69, 9.17) is 16.9 Å². The summed E-state index contributed by atoms with van der Waals surface area (Å²) in [5.41, 5.74) is 3.05. The summed E-state index contributed by atoms with van der Waals surface area (Å²) < 4.78 is 24.2. The maximum atomic E-state index is 12.1. The Morgan fingerprint density at radius 1 is 1.30 bits per heavy atom. The number of anilines is 1. The Kier molecular flexibility index (Phi) is 4.39. The molecule has 0 saturated heterocycles. The zero-order valence-corrected chi connectivity index (χ0v) is 12.3. The molecule has 1 aromatic carbocycles. The number of sulfone groups is 1. The average Bonchev–Trinajstić information content (AvgIpc) is 2.96. The Balaban J connectivity index is 2.27. The highest BCUT2D eigenvalue weighted by molar-refractivity contribution is 8.07. The van der Waals surface area contributed by atoms with Crippen LogP contribution in [0.4, 0.5) is 5.69 Å². The largest absolute Gasteiger partial charge is 0.277 e. The van der Waals surface area contributed by atoms with Crippen LogP contribution in [0.1, 0.15) is 0 Å². The SMILES string of the molecule is N#C/C(=N/Nc1ccc(Cl)cc1)S(=O)(=O)c1ccsc1. The molecule has 0 aliphatic heterocycles. The summed E-state index contributed by atoms with van der Waals surface area (Å²) in [5.74, 6) is 0. The van der Waals surface area contributed by atoms with Crippen molar-refractivity contribution in [2.24, 2.45) is 5.10 Å². The minimum absolute atomic E-state index is 0.0562. The Labute approximate surface area is 125 Å². The molecule has 0 saturated carbocycles. The predicted octanol–water partition coefficient (Wildman–Crippen LogP) is 3.12. The van der Waals surface area contributed by atoms with Gasteiger partial charge in [0.25, 0.3) is 5.04 Å². The van der Waals surface area contributed by atoms with Crippen LogP contribution in [0.25, 0.3) is 0 Å². The van der Waals surface area contributed by atoms with Crippen LogP contribution in [0.3, 0.4) is 0 Å². The fraction of sp³-hybridized carbons (Fsp3) is 0. The molecule has 1 heterocycles. The fourth-order valence-corrected chi connectivity index (χ4v) is 3.46. The standard InChI is InChI=1S/C12H8ClN3O2S2/c13-9-1-3-10(4-2-9)15-16-12(7-14)20(17,18)11-5-6-19-8-11/h1-6,8,15H/b16-12-. The van der Waals surface area contributed by atoms with Gasteiger partial charge in [0.05, 0.1) is 10.6 Å². The number of hydrazone groups is 1. The summed E-state index contributed by atoms with van der Waals surface area (Å²) in [5, 5.41) is 15.6. The summed E-state index contributed by atoms with van der Waals surface area (Å²) in [6.45, 7) is 0. The highest BCUT2D eigenvalue weighted by Crippen LogP contribution is 2.17. The lowest BCUT2D eigenvalue weighted by Gasteiger charge is -2.02. The van der Waals surface area contributed by atoms with Crippen molar-refractivity contribution in [3.05, 3.63) is 46.1 Å². The molecule has 0 radical (unpaired) electrons. The van der Waals surface area contributed by atoms with Crippen LogP contribution in [0.2, 0.25) is 5.02 Å². The monoisotopic (exact) mass is 325 g/mol. The highest BCUT2D eigenvalue weighted by atomic mass is 35.5. The lowest BCUT2D eigenvalue weighted by molar-refractivity contribution is 0.607. The summed E-state index contributed by atoms with van der Waals surface area (Å²) in [6, 6.07) is 9.51. The van der Waals surface area contributed by atoms with Crippen LogP contribution >= 0.6 is 22.9 Å². The van der Waals surface area contributed by atoms with E-state index in [0.29, 0.717) is 10.7 Å².